The minimum absolute atomic E-state index is 0. The molecule has 2 aromatic rings. The molecule has 2 fully saturated rings. The van der Waals surface area contributed by atoms with Crippen molar-refractivity contribution >= 4 is 24.0 Å². The van der Waals surface area contributed by atoms with Gasteiger partial charge in [-0.25, -0.2) is 0 Å². The third kappa shape index (κ3) is 2.87. The van der Waals surface area contributed by atoms with Gasteiger partial charge >= 0.3 is 0 Å². The van der Waals surface area contributed by atoms with Gasteiger partial charge in [0.25, 0.3) is 0 Å². The van der Waals surface area contributed by atoms with Crippen LogP contribution in [0.2, 0.25) is 5.02 Å². The van der Waals surface area contributed by atoms with Crippen molar-refractivity contribution in [2.75, 3.05) is 13.1 Å². The van der Waals surface area contributed by atoms with Crippen LogP contribution in [0, 0.1) is 5.41 Å². The van der Waals surface area contributed by atoms with Crippen LogP contribution in [0.5, 0.6) is 0 Å². The topological polar surface area (TPSA) is 51.0 Å². The molecule has 22 heavy (non-hydrogen) atoms. The minimum atomic E-state index is 0. The second-order valence-corrected chi connectivity index (χ2v) is 6.59. The Bertz CT molecular complexity index is 652. The van der Waals surface area contributed by atoms with Crippen LogP contribution in [0.15, 0.2) is 28.8 Å². The Hall–Kier alpha value is -1.10. The highest BCUT2D eigenvalue weighted by Gasteiger charge is 2.57. The monoisotopic (exact) mass is 339 g/mol. The molecular formula is C16H19Cl2N3O. The van der Waals surface area contributed by atoms with Crippen molar-refractivity contribution in [3.63, 3.8) is 0 Å². The maximum atomic E-state index is 6.18. The quantitative estimate of drug-likeness (QED) is 0.928. The summed E-state index contributed by atoms with van der Waals surface area (Å²) in [4.78, 5) is 4.60. The third-order valence-electron chi connectivity index (χ3n) is 4.88. The first-order valence-electron chi connectivity index (χ1n) is 7.53. The zero-order valence-corrected chi connectivity index (χ0v) is 13.8. The zero-order valence-electron chi connectivity index (χ0n) is 12.2. The molecule has 0 radical (unpaired) electrons. The average molecular weight is 340 g/mol. The summed E-state index contributed by atoms with van der Waals surface area (Å²) < 4.78 is 5.50. The van der Waals surface area contributed by atoms with E-state index in [1.54, 1.807) is 0 Å². The smallest absolute Gasteiger partial charge is 0.230 e. The van der Waals surface area contributed by atoms with Crippen molar-refractivity contribution in [2.24, 2.45) is 5.41 Å². The van der Waals surface area contributed by atoms with E-state index in [2.05, 4.69) is 15.5 Å². The number of aromatic nitrogens is 2. The first-order chi connectivity index (χ1) is 10.3. The molecule has 0 bridgehead atoms. The predicted molar refractivity (Wildman–Crippen MR) is 87.7 cm³/mol. The summed E-state index contributed by atoms with van der Waals surface area (Å²) >= 11 is 6.18. The second-order valence-electron chi connectivity index (χ2n) is 6.19. The molecule has 0 amide bonds. The van der Waals surface area contributed by atoms with E-state index in [0.717, 1.165) is 35.4 Å². The first-order valence-corrected chi connectivity index (χ1v) is 7.91. The van der Waals surface area contributed by atoms with E-state index in [9.17, 15) is 0 Å². The maximum Gasteiger partial charge on any atom is 0.230 e. The number of rotatable bonds is 3. The number of piperidine rings is 1. The van der Waals surface area contributed by atoms with Gasteiger partial charge in [-0.1, -0.05) is 35.0 Å². The van der Waals surface area contributed by atoms with Crippen LogP contribution in [0.25, 0.3) is 0 Å². The standard InChI is InChI=1S/C16H18ClN3O.ClH/c17-13-4-2-1-3-11(13)9-14-19-15(21-20-14)12-10-16(12)5-7-18-8-6-16;/h1-4,12,18H,5-10H2;1H. The molecule has 1 aliphatic carbocycles. The molecular weight excluding hydrogens is 321 g/mol. The Morgan fingerprint density at radius 1 is 1.27 bits per heavy atom. The van der Waals surface area contributed by atoms with Crippen LogP contribution in [-0.4, -0.2) is 23.2 Å². The fraction of sp³-hybridized carbons (Fsp3) is 0.500. The molecule has 1 spiro atoms. The molecule has 1 aromatic heterocycles. The summed E-state index contributed by atoms with van der Waals surface area (Å²) in [6.07, 6.45) is 4.27. The van der Waals surface area contributed by atoms with Crippen LogP contribution >= 0.6 is 24.0 Å². The van der Waals surface area contributed by atoms with Crippen molar-refractivity contribution in [2.45, 2.75) is 31.6 Å². The second kappa shape index (κ2) is 6.19. The highest BCUT2D eigenvalue weighted by molar-refractivity contribution is 6.31. The lowest BCUT2D eigenvalue weighted by Crippen LogP contribution is -2.29. The van der Waals surface area contributed by atoms with Crippen molar-refractivity contribution in [3.05, 3.63) is 46.6 Å². The van der Waals surface area contributed by atoms with E-state index in [1.165, 1.54) is 19.3 Å². The maximum absolute atomic E-state index is 6.18. The van der Waals surface area contributed by atoms with E-state index in [4.69, 9.17) is 16.1 Å². The number of halogens is 2. The molecule has 4 nitrogen and oxygen atoms in total. The van der Waals surface area contributed by atoms with Crippen molar-refractivity contribution in [1.29, 1.82) is 0 Å². The molecule has 1 saturated carbocycles. The summed E-state index contributed by atoms with van der Waals surface area (Å²) in [7, 11) is 0. The number of nitrogens with one attached hydrogen (secondary N) is 1. The minimum Gasteiger partial charge on any atom is -0.339 e. The molecule has 2 heterocycles. The highest BCUT2D eigenvalue weighted by atomic mass is 35.5. The molecule has 1 atom stereocenters. The number of hydrogen-bond donors (Lipinski definition) is 1. The summed E-state index contributed by atoms with van der Waals surface area (Å²) in [5, 5.41) is 8.30. The predicted octanol–water partition coefficient (Wildman–Crippen LogP) is 3.59. The van der Waals surface area contributed by atoms with Crippen molar-refractivity contribution in [3.8, 4) is 0 Å². The van der Waals surface area contributed by atoms with Gasteiger partial charge < -0.3 is 9.84 Å². The summed E-state index contributed by atoms with van der Waals surface area (Å²) in [6.45, 7) is 2.22. The van der Waals surface area contributed by atoms with Crippen LogP contribution in [0.1, 0.15) is 42.5 Å². The van der Waals surface area contributed by atoms with E-state index in [0.29, 0.717) is 17.8 Å². The van der Waals surface area contributed by atoms with Crippen LogP contribution < -0.4 is 5.32 Å². The lowest BCUT2D eigenvalue weighted by molar-refractivity contribution is 0.310. The van der Waals surface area contributed by atoms with Gasteiger partial charge in [-0.2, -0.15) is 4.98 Å². The van der Waals surface area contributed by atoms with Gasteiger partial charge in [0, 0.05) is 17.4 Å². The zero-order chi connectivity index (χ0) is 14.3. The summed E-state index contributed by atoms with van der Waals surface area (Å²) in [5.41, 5.74) is 1.47. The SMILES string of the molecule is Cl.Clc1ccccc1Cc1noc(C2CC23CCNCC3)n1. The van der Waals surface area contributed by atoms with Gasteiger partial charge in [-0.3, -0.25) is 0 Å². The van der Waals surface area contributed by atoms with Gasteiger partial charge in [-0.15, -0.1) is 12.4 Å². The summed E-state index contributed by atoms with van der Waals surface area (Å²) in [5.74, 6) is 2.01. The van der Waals surface area contributed by atoms with Gasteiger partial charge in [-0.05, 0) is 49.4 Å². The van der Waals surface area contributed by atoms with Crippen LogP contribution in [0.4, 0.5) is 0 Å². The Kier molecular flexibility index (Phi) is 4.44. The number of nitrogens with zero attached hydrogens (tertiary/aromatic N) is 2. The summed E-state index contributed by atoms with van der Waals surface area (Å²) in [6, 6.07) is 7.80. The van der Waals surface area contributed by atoms with Gasteiger partial charge in [0.1, 0.15) is 0 Å². The molecule has 1 saturated heterocycles. The fourth-order valence-corrected chi connectivity index (χ4v) is 3.67. The van der Waals surface area contributed by atoms with Crippen molar-refractivity contribution in [1.82, 2.24) is 15.5 Å². The Morgan fingerprint density at radius 2 is 2.05 bits per heavy atom. The molecule has 1 N–H and O–H groups in total. The van der Waals surface area contributed by atoms with Gasteiger partial charge in [0.05, 0.1) is 0 Å². The lowest BCUT2D eigenvalue weighted by atomic mass is 9.92. The lowest BCUT2D eigenvalue weighted by Gasteiger charge is -2.22. The molecule has 2 aliphatic rings. The van der Waals surface area contributed by atoms with Crippen molar-refractivity contribution < 1.29 is 4.52 Å². The third-order valence-corrected chi connectivity index (χ3v) is 5.25. The Morgan fingerprint density at radius 3 is 2.82 bits per heavy atom. The van der Waals surface area contributed by atoms with Gasteiger partial charge in [0.2, 0.25) is 5.89 Å². The Balaban J connectivity index is 0.00000144. The molecule has 1 unspecified atom stereocenters. The molecule has 4 rings (SSSR count). The fourth-order valence-electron chi connectivity index (χ4n) is 3.47. The normalized spacial score (nSPS) is 22.3. The van der Waals surface area contributed by atoms with E-state index in [-0.39, 0.29) is 12.4 Å². The highest BCUT2D eigenvalue weighted by Crippen LogP contribution is 2.63. The van der Waals surface area contributed by atoms with Crippen LogP contribution in [0.3, 0.4) is 0 Å². The molecule has 1 aliphatic heterocycles. The molecule has 1 aromatic carbocycles. The largest absolute Gasteiger partial charge is 0.339 e. The Labute approximate surface area is 141 Å². The van der Waals surface area contributed by atoms with Crippen LogP contribution in [-0.2, 0) is 6.42 Å². The molecule has 6 heteroatoms. The van der Waals surface area contributed by atoms with Gasteiger partial charge in [0.15, 0.2) is 5.82 Å². The average Bonchev–Trinajstić information content (AvgIpc) is 2.98. The first kappa shape index (κ1) is 15.8. The van der Waals surface area contributed by atoms with E-state index >= 15 is 0 Å². The van der Waals surface area contributed by atoms with E-state index in [1.807, 2.05) is 24.3 Å². The molecule has 118 valence electrons. The number of benzene rings is 1. The van der Waals surface area contributed by atoms with E-state index < -0.39 is 0 Å². The number of hydrogen-bond acceptors (Lipinski definition) is 4.